The summed E-state index contributed by atoms with van der Waals surface area (Å²) in [4.78, 5) is 13.9. The van der Waals surface area contributed by atoms with Gasteiger partial charge in [0.15, 0.2) is 0 Å². The van der Waals surface area contributed by atoms with Gasteiger partial charge < -0.3 is 4.90 Å². The number of carbonyl (C=O) groups is 1. The third-order valence-corrected chi connectivity index (χ3v) is 4.72. The molecule has 1 aliphatic heterocycles. The lowest BCUT2D eigenvalue weighted by molar-refractivity contribution is -0.128. The normalized spacial score (nSPS) is 46.6. The van der Waals surface area contributed by atoms with E-state index in [9.17, 15) is 4.79 Å². The number of carbonyl (C=O) groups excluding carboxylic acids is 1. The number of hydrogen-bond donors (Lipinski definition) is 0. The fourth-order valence-electron chi connectivity index (χ4n) is 3.86. The summed E-state index contributed by atoms with van der Waals surface area (Å²) in [5.41, 5.74) is 0.512. The van der Waals surface area contributed by atoms with Crippen LogP contribution in [-0.4, -0.2) is 23.4 Å². The Bertz CT molecular complexity index is 275. The van der Waals surface area contributed by atoms with Gasteiger partial charge in [-0.15, -0.1) is 0 Å². The predicted octanol–water partition coefficient (Wildman–Crippen LogP) is 2.19. The van der Waals surface area contributed by atoms with Crippen molar-refractivity contribution < 1.29 is 4.79 Å². The van der Waals surface area contributed by atoms with E-state index in [1.807, 2.05) is 0 Å². The Morgan fingerprint density at radius 1 is 1.36 bits per heavy atom. The summed E-state index contributed by atoms with van der Waals surface area (Å²) in [6.07, 6.45) is 7.39. The molecule has 2 aliphatic carbocycles. The summed E-state index contributed by atoms with van der Waals surface area (Å²) >= 11 is 0. The first kappa shape index (κ1) is 8.75. The molecule has 0 aromatic rings. The molecule has 3 aliphatic rings. The van der Waals surface area contributed by atoms with Gasteiger partial charge in [0, 0.05) is 19.0 Å². The van der Waals surface area contributed by atoms with Gasteiger partial charge in [0.2, 0.25) is 5.91 Å². The average Bonchev–Trinajstić information content (AvgIpc) is 2.57. The third-order valence-electron chi connectivity index (χ3n) is 4.72. The molecule has 1 saturated heterocycles. The van der Waals surface area contributed by atoms with Crippen LogP contribution in [0.25, 0.3) is 0 Å². The van der Waals surface area contributed by atoms with Crippen LogP contribution in [0.4, 0.5) is 0 Å². The van der Waals surface area contributed by atoms with Crippen molar-refractivity contribution >= 4 is 5.91 Å². The van der Waals surface area contributed by atoms with Gasteiger partial charge >= 0.3 is 0 Å². The van der Waals surface area contributed by atoms with Gasteiger partial charge in [0.05, 0.1) is 0 Å². The molecule has 1 amide bonds. The molecule has 14 heavy (non-hydrogen) atoms. The molecule has 0 aromatic carbocycles. The molecule has 0 bridgehead atoms. The Balaban J connectivity index is 1.78. The lowest BCUT2D eigenvalue weighted by atomic mass is 9.90. The minimum absolute atomic E-state index is 0.422. The summed E-state index contributed by atoms with van der Waals surface area (Å²) < 4.78 is 0. The highest BCUT2D eigenvalue weighted by Gasteiger charge is 2.64. The lowest BCUT2D eigenvalue weighted by Crippen LogP contribution is -2.30. The first-order valence-electron chi connectivity index (χ1n) is 6.03. The molecule has 0 spiro atoms. The second-order valence-electron chi connectivity index (χ2n) is 5.49. The molecule has 3 atom stereocenters. The van der Waals surface area contributed by atoms with Gasteiger partial charge in [-0.25, -0.2) is 0 Å². The van der Waals surface area contributed by atoms with Crippen molar-refractivity contribution in [1.82, 2.24) is 4.90 Å². The van der Waals surface area contributed by atoms with E-state index in [2.05, 4.69) is 11.8 Å². The van der Waals surface area contributed by atoms with Crippen LogP contribution in [0, 0.1) is 11.3 Å². The van der Waals surface area contributed by atoms with E-state index in [-0.39, 0.29) is 0 Å². The van der Waals surface area contributed by atoms with Gasteiger partial charge in [-0.2, -0.15) is 0 Å². The van der Waals surface area contributed by atoms with Crippen molar-refractivity contribution in [2.45, 2.75) is 51.5 Å². The average molecular weight is 193 g/mol. The number of rotatable bonds is 1. The van der Waals surface area contributed by atoms with E-state index in [0.29, 0.717) is 17.4 Å². The summed E-state index contributed by atoms with van der Waals surface area (Å²) in [5.74, 6) is 1.27. The third kappa shape index (κ3) is 0.999. The summed E-state index contributed by atoms with van der Waals surface area (Å²) in [6.45, 7) is 3.43. The molecule has 0 unspecified atom stereocenters. The first-order valence-corrected chi connectivity index (χ1v) is 6.03. The number of amides is 1. The summed E-state index contributed by atoms with van der Waals surface area (Å²) in [5, 5.41) is 0. The maximum Gasteiger partial charge on any atom is 0.222 e. The van der Waals surface area contributed by atoms with Crippen LogP contribution < -0.4 is 0 Å². The standard InChI is InChI=1S/C12H19NO/c1-12-7-3-2-5-9(12)11(12)13-8-4-6-10(13)14/h9,11H,2-8H2,1H3/t9-,11-,12-/m0/s1. The Hall–Kier alpha value is -0.530. The molecule has 78 valence electrons. The van der Waals surface area contributed by atoms with E-state index >= 15 is 0 Å². The molecule has 3 rings (SSSR count). The van der Waals surface area contributed by atoms with Crippen LogP contribution in [0.3, 0.4) is 0 Å². The van der Waals surface area contributed by atoms with E-state index in [1.54, 1.807) is 0 Å². The van der Waals surface area contributed by atoms with Crippen molar-refractivity contribution in [2.75, 3.05) is 6.54 Å². The number of nitrogens with zero attached hydrogens (tertiary/aromatic N) is 1. The van der Waals surface area contributed by atoms with Crippen molar-refractivity contribution in [2.24, 2.45) is 11.3 Å². The van der Waals surface area contributed by atoms with Crippen LogP contribution in [0.1, 0.15) is 45.4 Å². The molecule has 0 N–H and O–H groups in total. The van der Waals surface area contributed by atoms with Crippen molar-refractivity contribution in [3.63, 3.8) is 0 Å². The van der Waals surface area contributed by atoms with Crippen molar-refractivity contribution in [3.05, 3.63) is 0 Å². The molecule has 2 saturated carbocycles. The lowest BCUT2D eigenvalue weighted by Gasteiger charge is -2.19. The quantitative estimate of drug-likeness (QED) is 0.625. The zero-order valence-corrected chi connectivity index (χ0v) is 8.96. The van der Waals surface area contributed by atoms with E-state index < -0.39 is 0 Å². The van der Waals surface area contributed by atoms with E-state index in [4.69, 9.17) is 0 Å². The fraction of sp³-hybridized carbons (Fsp3) is 0.917. The molecule has 3 fully saturated rings. The maximum absolute atomic E-state index is 11.7. The van der Waals surface area contributed by atoms with Crippen LogP contribution in [0.15, 0.2) is 0 Å². The van der Waals surface area contributed by atoms with Gasteiger partial charge in [0.1, 0.15) is 0 Å². The SMILES string of the molecule is C[C@]12CCCC[C@H]1[C@@H]2N1CCCC1=O. The molecule has 1 heterocycles. The highest BCUT2D eigenvalue weighted by atomic mass is 16.2. The fourth-order valence-corrected chi connectivity index (χ4v) is 3.86. The van der Waals surface area contributed by atoms with Crippen molar-refractivity contribution in [3.8, 4) is 0 Å². The van der Waals surface area contributed by atoms with Crippen LogP contribution >= 0.6 is 0 Å². The second-order valence-corrected chi connectivity index (χ2v) is 5.49. The topological polar surface area (TPSA) is 20.3 Å². The van der Waals surface area contributed by atoms with E-state index in [1.165, 1.54) is 25.7 Å². The Morgan fingerprint density at radius 3 is 2.79 bits per heavy atom. The molecule has 0 radical (unpaired) electrons. The van der Waals surface area contributed by atoms with Gasteiger partial charge in [-0.05, 0) is 30.6 Å². The van der Waals surface area contributed by atoms with Gasteiger partial charge in [0.25, 0.3) is 0 Å². The zero-order valence-electron chi connectivity index (χ0n) is 8.96. The van der Waals surface area contributed by atoms with E-state index in [0.717, 1.165) is 25.3 Å². The second kappa shape index (κ2) is 2.74. The largest absolute Gasteiger partial charge is 0.339 e. The molecule has 2 nitrogen and oxygen atoms in total. The van der Waals surface area contributed by atoms with Gasteiger partial charge in [-0.3, -0.25) is 4.79 Å². The highest BCUT2D eigenvalue weighted by molar-refractivity contribution is 5.79. The highest BCUT2D eigenvalue weighted by Crippen LogP contribution is 2.63. The van der Waals surface area contributed by atoms with Gasteiger partial charge in [-0.1, -0.05) is 19.8 Å². The molecular weight excluding hydrogens is 174 g/mol. The van der Waals surface area contributed by atoms with Crippen molar-refractivity contribution in [1.29, 1.82) is 0 Å². The Morgan fingerprint density at radius 2 is 2.21 bits per heavy atom. The molecular formula is C12H19NO. The maximum atomic E-state index is 11.7. The van der Waals surface area contributed by atoms with Crippen LogP contribution in [-0.2, 0) is 4.79 Å². The minimum Gasteiger partial charge on any atom is -0.339 e. The first-order chi connectivity index (χ1) is 6.73. The van der Waals surface area contributed by atoms with Crippen LogP contribution in [0.5, 0.6) is 0 Å². The smallest absolute Gasteiger partial charge is 0.222 e. The van der Waals surface area contributed by atoms with Crippen LogP contribution in [0.2, 0.25) is 0 Å². The Kier molecular flexibility index (Phi) is 1.71. The minimum atomic E-state index is 0.422. The number of hydrogen-bond acceptors (Lipinski definition) is 1. The molecule has 0 aromatic heterocycles. The summed E-state index contributed by atoms with van der Waals surface area (Å²) in [7, 11) is 0. The monoisotopic (exact) mass is 193 g/mol. The number of likely N-dealkylation sites (tertiary alicyclic amines) is 1. The Labute approximate surface area is 85.7 Å². The summed E-state index contributed by atoms with van der Waals surface area (Å²) in [6, 6.07) is 0.625. The predicted molar refractivity (Wildman–Crippen MR) is 54.8 cm³/mol. The zero-order chi connectivity index (χ0) is 9.76. The number of fused-ring (bicyclic) bond motifs is 1. The molecule has 2 heteroatoms.